The second-order valence-corrected chi connectivity index (χ2v) is 7.52. The summed E-state index contributed by atoms with van der Waals surface area (Å²) in [5.41, 5.74) is 3.65. The molecule has 0 saturated carbocycles. The number of hydrogen-bond donors (Lipinski definition) is 1. The highest BCUT2D eigenvalue weighted by atomic mass is 32.2. The molecule has 130 valence electrons. The predicted molar refractivity (Wildman–Crippen MR) is 104 cm³/mol. The monoisotopic (exact) mass is 353 g/mol. The number of hydrogen-bond acceptors (Lipinski definition) is 4. The van der Waals surface area contributed by atoms with E-state index >= 15 is 0 Å². The van der Waals surface area contributed by atoms with E-state index in [9.17, 15) is 4.79 Å². The van der Waals surface area contributed by atoms with Gasteiger partial charge in [-0.2, -0.15) is 0 Å². The molecule has 0 bridgehead atoms. The van der Waals surface area contributed by atoms with E-state index in [1.165, 1.54) is 35.7 Å². The molecule has 0 radical (unpaired) electrons. The normalized spacial score (nSPS) is 18.6. The van der Waals surface area contributed by atoms with E-state index in [0.29, 0.717) is 17.4 Å². The third-order valence-electron chi connectivity index (χ3n) is 4.16. The third-order valence-corrected chi connectivity index (χ3v) is 5.24. The first-order chi connectivity index (χ1) is 12.1. The van der Waals surface area contributed by atoms with Gasteiger partial charge >= 0.3 is 0 Å². The van der Waals surface area contributed by atoms with E-state index in [4.69, 9.17) is 0 Å². The number of carbonyl (C=O) groups is 1. The molecule has 1 fully saturated rings. The van der Waals surface area contributed by atoms with Crippen molar-refractivity contribution < 1.29 is 4.79 Å². The van der Waals surface area contributed by atoms with E-state index in [1.54, 1.807) is 6.20 Å². The van der Waals surface area contributed by atoms with Crippen LogP contribution in [-0.4, -0.2) is 21.3 Å². The van der Waals surface area contributed by atoms with E-state index in [1.807, 2.05) is 19.1 Å². The summed E-state index contributed by atoms with van der Waals surface area (Å²) in [6.45, 7) is 4.20. The van der Waals surface area contributed by atoms with Crippen molar-refractivity contribution in [1.82, 2.24) is 10.3 Å². The lowest BCUT2D eigenvalue weighted by Gasteiger charge is -2.07. The van der Waals surface area contributed by atoms with E-state index in [0.717, 1.165) is 12.0 Å². The highest BCUT2D eigenvalue weighted by Gasteiger charge is 2.30. The summed E-state index contributed by atoms with van der Waals surface area (Å²) in [4.78, 5) is 20.9. The largest absolute Gasteiger partial charge is 0.304 e. The number of aromatic nitrogens is 1. The van der Waals surface area contributed by atoms with Crippen LogP contribution in [0.5, 0.6) is 0 Å². The van der Waals surface area contributed by atoms with Gasteiger partial charge in [-0.05, 0) is 55.0 Å². The fraction of sp³-hybridized carbons (Fsp3) is 0.350. The van der Waals surface area contributed by atoms with Crippen molar-refractivity contribution in [2.75, 3.05) is 0 Å². The number of thioether (sulfide) groups is 1. The van der Waals surface area contributed by atoms with Crippen LogP contribution in [0.25, 0.3) is 0 Å². The molecule has 2 heterocycles. The second kappa shape index (κ2) is 8.30. The Bertz CT molecular complexity index is 771. The Labute approximate surface area is 153 Å². The van der Waals surface area contributed by atoms with E-state index in [-0.39, 0.29) is 11.2 Å². The molecule has 1 atom stereocenters. The van der Waals surface area contributed by atoms with Gasteiger partial charge in [0.25, 0.3) is 0 Å². The molecular formula is C20H23N3OS. The van der Waals surface area contributed by atoms with Gasteiger partial charge in [-0.25, -0.2) is 9.98 Å². The maximum atomic E-state index is 12.2. The van der Waals surface area contributed by atoms with Crippen molar-refractivity contribution in [3.05, 3.63) is 59.3 Å². The molecule has 1 N–H and O–H groups in total. The molecule has 1 aromatic heterocycles. The maximum absolute atomic E-state index is 12.2. The number of aryl methyl sites for hydroxylation is 2. The summed E-state index contributed by atoms with van der Waals surface area (Å²) in [6, 6.07) is 12.5. The molecule has 1 saturated heterocycles. The van der Waals surface area contributed by atoms with Crippen LogP contribution >= 0.6 is 11.8 Å². The maximum Gasteiger partial charge on any atom is 0.239 e. The van der Waals surface area contributed by atoms with Gasteiger partial charge in [0.2, 0.25) is 5.91 Å². The number of benzene rings is 1. The zero-order valence-corrected chi connectivity index (χ0v) is 15.5. The van der Waals surface area contributed by atoms with Crippen molar-refractivity contribution in [1.29, 1.82) is 0 Å². The summed E-state index contributed by atoms with van der Waals surface area (Å²) < 4.78 is 0. The van der Waals surface area contributed by atoms with Gasteiger partial charge in [0.15, 0.2) is 11.0 Å². The molecule has 5 heteroatoms. The molecule has 1 amide bonds. The number of amides is 1. The Morgan fingerprint density at radius 2 is 1.96 bits per heavy atom. The average molecular weight is 353 g/mol. The fourth-order valence-corrected chi connectivity index (χ4v) is 3.73. The molecule has 1 aliphatic heterocycles. The van der Waals surface area contributed by atoms with Gasteiger partial charge in [0, 0.05) is 6.20 Å². The van der Waals surface area contributed by atoms with Crippen molar-refractivity contribution in [2.24, 2.45) is 4.99 Å². The Morgan fingerprint density at radius 3 is 2.68 bits per heavy atom. The van der Waals surface area contributed by atoms with Gasteiger partial charge in [-0.15, -0.1) is 0 Å². The highest BCUT2D eigenvalue weighted by Crippen LogP contribution is 2.25. The van der Waals surface area contributed by atoms with Gasteiger partial charge in [-0.3, -0.25) is 4.79 Å². The van der Waals surface area contributed by atoms with Crippen molar-refractivity contribution in [3.8, 4) is 0 Å². The number of pyridine rings is 1. The molecule has 1 aromatic carbocycles. The summed E-state index contributed by atoms with van der Waals surface area (Å²) in [5, 5.41) is 3.36. The lowest BCUT2D eigenvalue weighted by atomic mass is 10.0. The van der Waals surface area contributed by atoms with Gasteiger partial charge in [0.1, 0.15) is 0 Å². The minimum absolute atomic E-state index is 0.0199. The standard InChI is InChI=1S/C20H23N3OS/c1-3-4-5-15-6-8-16(9-7-15)13-17-19(24)23-20(25-17)22-18-12-14(2)10-11-21-18/h6-12,17H,3-5,13H2,1-2H3,(H,21,22,23,24). The third kappa shape index (κ3) is 4.92. The molecule has 1 aliphatic rings. The van der Waals surface area contributed by atoms with Gasteiger partial charge in [-0.1, -0.05) is 49.4 Å². The number of carbonyl (C=O) groups excluding carboxylic acids is 1. The van der Waals surface area contributed by atoms with Crippen molar-refractivity contribution >= 4 is 28.7 Å². The zero-order chi connectivity index (χ0) is 17.6. The van der Waals surface area contributed by atoms with Crippen LogP contribution in [0.2, 0.25) is 0 Å². The predicted octanol–water partition coefficient (Wildman–Crippen LogP) is 4.19. The van der Waals surface area contributed by atoms with Gasteiger partial charge in [0.05, 0.1) is 5.25 Å². The second-order valence-electron chi connectivity index (χ2n) is 6.33. The van der Waals surface area contributed by atoms with Crippen LogP contribution in [0.1, 0.15) is 36.5 Å². The first kappa shape index (κ1) is 17.7. The molecule has 3 rings (SSSR count). The highest BCUT2D eigenvalue weighted by molar-refractivity contribution is 8.15. The average Bonchev–Trinajstić information content (AvgIpc) is 2.93. The Hall–Kier alpha value is -2.14. The lowest BCUT2D eigenvalue weighted by molar-refractivity contribution is -0.118. The lowest BCUT2D eigenvalue weighted by Crippen LogP contribution is -2.25. The Kier molecular flexibility index (Phi) is 5.87. The zero-order valence-electron chi connectivity index (χ0n) is 14.7. The molecule has 25 heavy (non-hydrogen) atoms. The molecule has 0 spiro atoms. The summed E-state index contributed by atoms with van der Waals surface area (Å²) in [5.74, 6) is 0.648. The van der Waals surface area contributed by atoms with Crippen molar-refractivity contribution in [2.45, 2.75) is 44.8 Å². The first-order valence-electron chi connectivity index (χ1n) is 8.70. The van der Waals surface area contributed by atoms with Crippen LogP contribution in [0.4, 0.5) is 5.82 Å². The number of rotatable bonds is 6. The number of aliphatic imine (C=N–C) groups is 1. The Balaban J connectivity index is 1.63. The number of nitrogens with zero attached hydrogens (tertiary/aromatic N) is 2. The van der Waals surface area contributed by atoms with Crippen LogP contribution in [0, 0.1) is 6.92 Å². The topological polar surface area (TPSA) is 54.4 Å². The van der Waals surface area contributed by atoms with Crippen LogP contribution in [0.3, 0.4) is 0 Å². The van der Waals surface area contributed by atoms with E-state index in [2.05, 4.69) is 46.5 Å². The van der Waals surface area contributed by atoms with Gasteiger partial charge < -0.3 is 5.32 Å². The Morgan fingerprint density at radius 1 is 1.20 bits per heavy atom. The minimum atomic E-state index is -0.134. The molecule has 2 aromatic rings. The van der Waals surface area contributed by atoms with Crippen LogP contribution in [-0.2, 0) is 17.6 Å². The molecule has 0 aliphatic carbocycles. The minimum Gasteiger partial charge on any atom is -0.304 e. The number of nitrogens with one attached hydrogen (secondary N) is 1. The van der Waals surface area contributed by atoms with Crippen LogP contribution < -0.4 is 5.32 Å². The molecule has 1 unspecified atom stereocenters. The first-order valence-corrected chi connectivity index (χ1v) is 9.58. The number of amidine groups is 1. The summed E-state index contributed by atoms with van der Waals surface area (Å²) in [7, 11) is 0. The van der Waals surface area contributed by atoms with Crippen molar-refractivity contribution in [3.63, 3.8) is 0 Å². The quantitative estimate of drug-likeness (QED) is 0.847. The van der Waals surface area contributed by atoms with E-state index < -0.39 is 0 Å². The summed E-state index contributed by atoms with van der Waals surface area (Å²) >= 11 is 1.48. The van der Waals surface area contributed by atoms with Crippen LogP contribution in [0.15, 0.2) is 47.6 Å². The molecular weight excluding hydrogens is 330 g/mol. The number of unbranched alkanes of at least 4 members (excludes halogenated alkanes) is 1. The smallest absolute Gasteiger partial charge is 0.239 e. The SMILES string of the molecule is CCCCc1ccc(CC2SC(=Nc3cc(C)ccn3)NC2=O)cc1. The molecule has 4 nitrogen and oxygen atoms in total. The summed E-state index contributed by atoms with van der Waals surface area (Å²) in [6.07, 6.45) is 5.99. The fourth-order valence-electron chi connectivity index (χ4n) is 2.71.